The van der Waals surface area contributed by atoms with Crippen LogP contribution < -0.4 is 0 Å². The van der Waals surface area contributed by atoms with E-state index in [0.717, 1.165) is 32.6 Å². The van der Waals surface area contributed by atoms with E-state index in [1.54, 1.807) is 0 Å². The average Bonchev–Trinajstić information content (AvgIpc) is 2.27. The van der Waals surface area contributed by atoms with E-state index in [0.29, 0.717) is 19.6 Å². The zero-order chi connectivity index (χ0) is 12.5. The van der Waals surface area contributed by atoms with Crippen molar-refractivity contribution in [1.82, 2.24) is 14.7 Å². The fourth-order valence-corrected chi connectivity index (χ4v) is 2.47. The van der Waals surface area contributed by atoms with E-state index >= 15 is 0 Å². The summed E-state index contributed by atoms with van der Waals surface area (Å²) in [6.07, 6.45) is 0.770. The number of carbonyl (C=O) groups is 1. The second-order valence-electron chi connectivity index (χ2n) is 5.41. The third kappa shape index (κ3) is 2.97. The Balaban J connectivity index is 1.72. The van der Waals surface area contributed by atoms with Gasteiger partial charge in [-0.25, -0.2) is 0 Å². The van der Waals surface area contributed by atoms with Gasteiger partial charge in [-0.15, -0.1) is 0 Å². The van der Waals surface area contributed by atoms with E-state index in [1.807, 2.05) is 16.7 Å². The Labute approximate surface area is 103 Å². The highest BCUT2D eigenvalue weighted by Gasteiger charge is 2.40. The SMILES string of the molecule is CCC1(O)CN(CC(=O)N2CCN(C)CC2)C1. The minimum Gasteiger partial charge on any atom is -0.387 e. The van der Waals surface area contributed by atoms with Crippen LogP contribution in [0.4, 0.5) is 0 Å². The molecule has 2 fully saturated rings. The molecule has 98 valence electrons. The molecule has 0 spiro atoms. The molecule has 5 nitrogen and oxygen atoms in total. The molecule has 5 heteroatoms. The van der Waals surface area contributed by atoms with Crippen molar-refractivity contribution < 1.29 is 9.90 Å². The lowest BCUT2D eigenvalue weighted by molar-refractivity contribution is -0.143. The molecule has 0 aromatic rings. The molecule has 2 saturated heterocycles. The zero-order valence-electron chi connectivity index (χ0n) is 10.9. The first-order valence-corrected chi connectivity index (χ1v) is 6.43. The summed E-state index contributed by atoms with van der Waals surface area (Å²) in [6.45, 7) is 7.33. The van der Waals surface area contributed by atoms with Crippen molar-refractivity contribution in [2.75, 3.05) is 52.9 Å². The van der Waals surface area contributed by atoms with Crippen LogP contribution in [-0.2, 0) is 4.79 Å². The highest BCUT2D eigenvalue weighted by Crippen LogP contribution is 2.23. The highest BCUT2D eigenvalue weighted by atomic mass is 16.3. The van der Waals surface area contributed by atoms with E-state index in [4.69, 9.17) is 0 Å². The molecular formula is C12H23N3O2. The molecular weight excluding hydrogens is 218 g/mol. The van der Waals surface area contributed by atoms with Crippen molar-refractivity contribution in [3.63, 3.8) is 0 Å². The van der Waals surface area contributed by atoms with Crippen molar-refractivity contribution in [3.05, 3.63) is 0 Å². The van der Waals surface area contributed by atoms with Gasteiger partial charge in [0.05, 0.1) is 12.1 Å². The number of nitrogens with zero attached hydrogens (tertiary/aromatic N) is 3. The Hall–Kier alpha value is -0.650. The topological polar surface area (TPSA) is 47.0 Å². The maximum Gasteiger partial charge on any atom is 0.236 e. The third-order valence-corrected chi connectivity index (χ3v) is 3.91. The minimum atomic E-state index is -0.539. The number of β-amino-alcohol motifs (C(OH)–C–C–N with tert-alkyl or cyclic N) is 1. The van der Waals surface area contributed by atoms with Gasteiger partial charge in [0, 0.05) is 39.3 Å². The number of amides is 1. The van der Waals surface area contributed by atoms with Crippen LogP contribution in [0.2, 0.25) is 0 Å². The smallest absolute Gasteiger partial charge is 0.236 e. The lowest BCUT2D eigenvalue weighted by atomic mass is 9.91. The van der Waals surface area contributed by atoms with Crippen LogP contribution >= 0.6 is 0 Å². The lowest BCUT2D eigenvalue weighted by Gasteiger charge is -2.46. The number of hydrogen-bond donors (Lipinski definition) is 1. The van der Waals surface area contributed by atoms with Crippen LogP contribution in [0.5, 0.6) is 0 Å². The van der Waals surface area contributed by atoms with E-state index in [2.05, 4.69) is 11.9 Å². The van der Waals surface area contributed by atoms with Crippen LogP contribution in [0.1, 0.15) is 13.3 Å². The Bertz CT molecular complexity index is 281. The second kappa shape index (κ2) is 4.92. The fraction of sp³-hybridized carbons (Fsp3) is 0.917. The molecule has 1 N–H and O–H groups in total. The van der Waals surface area contributed by atoms with Crippen molar-refractivity contribution in [2.24, 2.45) is 0 Å². The van der Waals surface area contributed by atoms with Crippen molar-refractivity contribution in [1.29, 1.82) is 0 Å². The first-order chi connectivity index (χ1) is 8.02. The minimum absolute atomic E-state index is 0.205. The molecule has 2 rings (SSSR count). The largest absolute Gasteiger partial charge is 0.387 e. The summed E-state index contributed by atoms with van der Waals surface area (Å²) >= 11 is 0. The monoisotopic (exact) mass is 241 g/mol. The molecule has 0 atom stereocenters. The third-order valence-electron chi connectivity index (χ3n) is 3.91. The number of rotatable bonds is 3. The van der Waals surface area contributed by atoms with Crippen LogP contribution in [0.25, 0.3) is 0 Å². The Morgan fingerprint density at radius 2 is 1.82 bits per heavy atom. The number of likely N-dealkylation sites (tertiary alicyclic amines) is 1. The second-order valence-corrected chi connectivity index (χ2v) is 5.41. The van der Waals surface area contributed by atoms with Crippen molar-refractivity contribution in [3.8, 4) is 0 Å². The summed E-state index contributed by atoms with van der Waals surface area (Å²) < 4.78 is 0. The van der Waals surface area contributed by atoms with E-state index in [1.165, 1.54) is 0 Å². The number of carbonyl (C=O) groups excluding carboxylic acids is 1. The number of aliphatic hydroxyl groups is 1. The number of likely N-dealkylation sites (N-methyl/N-ethyl adjacent to an activating group) is 1. The molecule has 0 radical (unpaired) electrons. The number of hydrogen-bond acceptors (Lipinski definition) is 4. The van der Waals surface area contributed by atoms with Gasteiger partial charge in [0.2, 0.25) is 5.91 Å². The van der Waals surface area contributed by atoms with Gasteiger partial charge in [0.1, 0.15) is 0 Å². The van der Waals surface area contributed by atoms with Crippen LogP contribution in [0.15, 0.2) is 0 Å². The molecule has 2 aliphatic heterocycles. The highest BCUT2D eigenvalue weighted by molar-refractivity contribution is 5.78. The summed E-state index contributed by atoms with van der Waals surface area (Å²) in [6, 6.07) is 0. The van der Waals surface area contributed by atoms with Gasteiger partial charge < -0.3 is 14.9 Å². The molecule has 0 aromatic heterocycles. The van der Waals surface area contributed by atoms with Gasteiger partial charge in [-0.05, 0) is 13.5 Å². The van der Waals surface area contributed by atoms with Gasteiger partial charge in [0.25, 0.3) is 0 Å². The summed E-state index contributed by atoms with van der Waals surface area (Å²) in [4.78, 5) is 18.2. The van der Waals surface area contributed by atoms with Gasteiger partial charge in [-0.1, -0.05) is 6.92 Å². The molecule has 1 amide bonds. The fourth-order valence-electron chi connectivity index (χ4n) is 2.47. The van der Waals surface area contributed by atoms with Crippen LogP contribution in [0, 0.1) is 0 Å². The van der Waals surface area contributed by atoms with E-state index < -0.39 is 5.60 Å². The maximum atomic E-state index is 12.0. The summed E-state index contributed by atoms with van der Waals surface area (Å²) in [5.74, 6) is 0.205. The maximum absolute atomic E-state index is 12.0. The molecule has 0 aromatic carbocycles. The van der Waals surface area contributed by atoms with E-state index in [-0.39, 0.29) is 5.91 Å². The van der Waals surface area contributed by atoms with E-state index in [9.17, 15) is 9.90 Å². The van der Waals surface area contributed by atoms with Crippen LogP contribution in [-0.4, -0.2) is 84.2 Å². The van der Waals surface area contributed by atoms with Gasteiger partial charge in [0.15, 0.2) is 0 Å². The normalized spacial score (nSPS) is 25.7. The molecule has 2 heterocycles. The Kier molecular flexibility index (Phi) is 3.70. The van der Waals surface area contributed by atoms with Crippen molar-refractivity contribution >= 4 is 5.91 Å². The van der Waals surface area contributed by atoms with Gasteiger partial charge in [-0.2, -0.15) is 0 Å². The molecule has 2 aliphatic rings. The van der Waals surface area contributed by atoms with Crippen LogP contribution in [0.3, 0.4) is 0 Å². The van der Waals surface area contributed by atoms with Gasteiger partial charge >= 0.3 is 0 Å². The first kappa shape index (κ1) is 12.8. The summed E-state index contributed by atoms with van der Waals surface area (Å²) in [5, 5.41) is 9.87. The van der Waals surface area contributed by atoms with Gasteiger partial charge in [-0.3, -0.25) is 9.69 Å². The zero-order valence-corrected chi connectivity index (χ0v) is 10.9. The lowest BCUT2D eigenvalue weighted by Crippen LogP contribution is -2.63. The van der Waals surface area contributed by atoms with Crippen molar-refractivity contribution in [2.45, 2.75) is 18.9 Å². The molecule has 0 saturated carbocycles. The quantitative estimate of drug-likeness (QED) is 0.704. The summed E-state index contributed by atoms with van der Waals surface area (Å²) in [5.41, 5.74) is -0.539. The Morgan fingerprint density at radius 1 is 1.24 bits per heavy atom. The number of piperazine rings is 1. The molecule has 0 aliphatic carbocycles. The predicted molar refractivity (Wildman–Crippen MR) is 65.8 cm³/mol. The Morgan fingerprint density at radius 3 is 2.35 bits per heavy atom. The molecule has 0 bridgehead atoms. The average molecular weight is 241 g/mol. The standard InChI is InChI=1S/C12H23N3O2/c1-3-12(17)9-14(10-12)8-11(16)15-6-4-13(2)5-7-15/h17H,3-10H2,1-2H3. The predicted octanol–water partition coefficient (Wildman–Crippen LogP) is -0.783. The molecule has 17 heavy (non-hydrogen) atoms. The molecule has 0 unspecified atom stereocenters. The summed E-state index contributed by atoms with van der Waals surface area (Å²) in [7, 11) is 2.08. The first-order valence-electron chi connectivity index (χ1n) is 6.43.